The van der Waals surface area contributed by atoms with Crippen LogP contribution in [0.2, 0.25) is 0 Å². The second-order valence-corrected chi connectivity index (χ2v) is 7.47. The summed E-state index contributed by atoms with van der Waals surface area (Å²) in [4.78, 5) is 21.3. The quantitative estimate of drug-likeness (QED) is 0.505. The molecule has 0 atom stereocenters. The molecule has 0 spiro atoms. The van der Waals surface area contributed by atoms with E-state index < -0.39 is 0 Å². The van der Waals surface area contributed by atoms with Gasteiger partial charge in [0.15, 0.2) is 5.13 Å². The molecule has 0 radical (unpaired) electrons. The zero-order valence-corrected chi connectivity index (χ0v) is 14.3. The first-order valence-electron chi connectivity index (χ1n) is 6.94. The van der Waals surface area contributed by atoms with Gasteiger partial charge in [-0.05, 0) is 30.3 Å². The maximum atomic E-state index is 12.5. The van der Waals surface area contributed by atoms with Gasteiger partial charge in [0.05, 0.1) is 32.2 Å². The Bertz CT molecular complexity index is 1220. The van der Waals surface area contributed by atoms with E-state index in [1.54, 1.807) is 29.5 Å². The highest BCUT2D eigenvalue weighted by Gasteiger charge is 2.13. The number of anilines is 1. The van der Waals surface area contributed by atoms with Gasteiger partial charge < -0.3 is 0 Å². The number of thiazole rings is 2. The highest BCUT2D eigenvalue weighted by molar-refractivity contribution is 7.24. The van der Waals surface area contributed by atoms with Crippen LogP contribution in [0.15, 0.2) is 35.8 Å². The molecule has 2 aromatic carbocycles. The molecule has 0 fully saturated rings. The highest BCUT2D eigenvalue weighted by Crippen LogP contribution is 2.33. The molecule has 5 aromatic rings. The third kappa shape index (κ3) is 2.17. The van der Waals surface area contributed by atoms with Crippen LogP contribution in [0.25, 0.3) is 31.5 Å². The second kappa shape index (κ2) is 5.26. The molecule has 1 N–H and O–H groups in total. The van der Waals surface area contributed by atoms with Gasteiger partial charge in [0, 0.05) is 5.56 Å². The maximum absolute atomic E-state index is 12.5. The summed E-state index contributed by atoms with van der Waals surface area (Å²) in [7, 11) is 0. The third-order valence-electron chi connectivity index (χ3n) is 3.59. The fourth-order valence-electron chi connectivity index (χ4n) is 2.46. The third-order valence-corrected chi connectivity index (χ3v) is 5.94. The molecule has 0 aliphatic carbocycles. The summed E-state index contributed by atoms with van der Waals surface area (Å²) in [6.45, 7) is 0. The second-order valence-electron chi connectivity index (χ2n) is 5.05. The first kappa shape index (κ1) is 13.9. The molecule has 3 aromatic heterocycles. The van der Waals surface area contributed by atoms with Crippen molar-refractivity contribution in [2.24, 2.45) is 0 Å². The van der Waals surface area contributed by atoms with Gasteiger partial charge in [0.2, 0.25) is 0 Å². The summed E-state index contributed by atoms with van der Waals surface area (Å²) in [5, 5.41) is 3.42. The van der Waals surface area contributed by atoms with E-state index in [0.29, 0.717) is 10.7 Å². The van der Waals surface area contributed by atoms with Gasteiger partial charge in [-0.2, -0.15) is 8.75 Å². The molecule has 116 valence electrons. The van der Waals surface area contributed by atoms with Crippen LogP contribution in [0, 0.1) is 0 Å². The smallest absolute Gasteiger partial charge is 0.257 e. The first-order valence-corrected chi connectivity index (χ1v) is 9.37. The number of nitrogens with one attached hydrogen (secondary N) is 1. The van der Waals surface area contributed by atoms with Crippen molar-refractivity contribution >= 4 is 76.9 Å². The van der Waals surface area contributed by atoms with E-state index in [4.69, 9.17) is 0 Å². The first-order chi connectivity index (χ1) is 11.8. The number of rotatable bonds is 2. The number of carbonyl (C=O) groups excluding carboxylic acids is 1. The predicted octanol–water partition coefficient (Wildman–Crippen LogP) is 4.16. The summed E-state index contributed by atoms with van der Waals surface area (Å²) in [5.41, 5.74) is 5.65. The number of hydrogen-bond donors (Lipinski definition) is 1. The largest absolute Gasteiger partial charge is 0.298 e. The lowest BCUT2D eigenvalue weighted by molar-refractivity contribution is 0.102. The van der Waals surface area contributed by atoms with Gasteiger partial charge in [-0.1, -0.05) is 11.3 Å². The van der Waals surface area contributed by atoms with Crippen molar-refractivity contribution < 1.29 is 4.79 Å². The monoisotopic (exact) mass is 369 g/mol. The normalized spacial score (nSPS) is 11.5. The Morgan fingerprint density at radius 1 is 1.04 bits per heavy atom. The predicted molar refractivity (Wildman–Crippen MR) is 98.2 cm³/mol. The average Bonchev–Trinajstić information content (AvgIpc) is 3.31. The van der Waals surface area contributed by atoms with Crippen molar-refractivity contribution in [3.05, 3.63) is 41.4 Å². The van der Waals surface area contributed by atoms with E-state index in [2.05, 4.69) is 24.0 Å². The topological polar surface area (TPSA) is 80.7 Å². The lowest BCUT2D eigenvalue weighted by Gasteiger charge is -2.00. The average molecular weight is 369 g/mol. The van der Waals surface area contributed by atoms with Crippen molar-refractivity contribution in [2.45, 2.75) is 0 Å². The molecular formula is C15H7N5OS3. The van der Waals surface area contributed by atoms with E-state index in [9.17, 15) is 4.79 Å². The van der Waals surface area contributed by atoms with Gasteiger partial charge in [-0.15, -0.1) is 11.3 Å². The Balaban J connectivity index is 1.51. The summed E-state index contributed by atoms with van der Waals surface area (Å²) >= 11 is 4.16. The van der Waals surface area contributed by atoms with Crippen LogP contribution in [0.4, 0.5) is 5.13 Å². The summed E-state index contributed by atoms with van der Waals surface area (Å²) < 4.78 is 10.4. The standard InChI is InChI=1S/C15H7N5OS3/c21-14(7-1-2-8-10(5-7)20-24-19-8)18-15-17-9-3-4-11-12(13(9)23-15)16-6-22-11/h1-6H,(H,17,18,21). The summed E-state index contributed by atoms with van der Waals surface area (Å²) in [5.74, 6) is -0.210. The van der Waals surface area contributed by atoms with Crippen LogP contribution in [-0.2, 0) is 0 Å². The fraction of sp³-hybridized carbons (Fsp3) is 0. The van der Waals surface area contributed by atoms with Gasteiger partial charge in [-0.25, -0.2) is 9.97 Å². The lowest BCUT2D eigenvalue weighted by Crippen LogP contribution is -2.11. The van der Waals surface area contributed by atoms with Crippen LogP contribution in [-0.4, -0.2) is 24.6 Å². The molecule has 0 saturated heterocycles. The van der Waals surface area contributed by atoms with E-state index >= 15 is 0 Å². The van der Waals surface area contributed by atoms with Crippen LogP contribution in [0.1, 0.15) is 10.4 Å². The molecule has 5 rings (SSSR count). The molecule has 0 unspecified atom stereocenters. The van der Waals surface area contributed by atoms with Crippen molar-refractivity contribution in [1.82, 2.24) is 18.7 Å². The van der Waals surface area contributed by atoms with E-state index in [1.807, 2.05) is 17.6 Å². The van der Waals surface area contributed by atoms with Crippen LogP contribution >= 0.6 is 34.4 Å². The molecule has 6 nitrogen and oxygen atoms in total. The zero-order chi connectivity index (χ0) is 16.1. The van der Waals surface area contributed by atoms with Crippen molar-refractivity contribution in [2.75, 3.05) is 5.32 Å². The van der Waals surface area contributed by atoms with Gasteiger partial charge in [-0.3, -0.25) is 10.1 Å². The Labute approximate surface area is 147 Å². The van der Waals surface area contributed by atoms with Crippen LogP contribution < -0.4 is 5.32 Å². The Kier molecular flexibility index (Phi) is 3.05. The Morgan fingerprint density at radius 2 is 1.92 bits per heavy atom. The SMILES string of the molecule is O=C(Nc1nc2ccc3scnc3c2s1)c1ccc2nsnc2c1. The molecule has 0 aliphatic rings. The van der Waals surface area contributed by atoms with Crippen molar-refractivity contribution in [3.8, 4) is 0 Å². The number of benzene rings is 2. The molecule has 24 heavy (non-hydrogen) atoms. The number of aromatic nitrogens is 4. The van der Waals surface area contributed by atoms with Crippen LogP contribution in [0.5, 0.6) is 0 Å². The van der Waals surface area contributed by atoms with E-state index in [1.165, 1.54) is 11.3 Å². The zero-order valence-electron chi connectivity index (χ0n) is 11.9. The molecular weight excluding hydrogens is 362 g/mol. The van der Waals surface area contributed by atoms with Gasteiger partial charge >= 0.3 is 0 Å². The highest BCUT2D eigenvalue weighted by atomic mass is 32.1. The van der Waals surface area contributed by atoms with Crippen molar-refractivity contribution in [3.63, 3.8) is 0 Å². The molecule has 0 saturated carbocycles. The summed E-state index contributed by atoms with van der Waals surface area (Å²) in [6.07, 6.45) is 0. The minimum Gasteiger partial charge on any atom is -0.298 e. The molecule has 9 heteroatoms. The molecule has 3 heterocycles. The minimum atomic E-state index is -0.210. The number of carbonyl (C=O) groups is 1. The Hall–Kier alpha value is -2.49. The van der Waals surface area contributed by atoms with Gasteiger partial charge in [0.25, 0.3) is 5.91 Å². The van der Waals surface area contributed by atoms with E-state index in [0.717, 1.165) is 43.2 Å². The number of fused-ring (bicyclic) bond motifs is 4. The van der Waals surface area contributed by atoms with Crippen molar-refractivity contribution in [1.29, 1.82) is 0 Å². The van der Waals surface area contributed by atoms with Gasteiger partial charge in [0.1, 0.15) is 16.6 Å². The molecule has 0 bridgehead atoms. The number of hydrogen-bond acceptors (Lipinski definition) is 8. The number of amides is 1. The van der Waals surface area contributed by atoms with Crippen LogP contribution in [0.3, 0.4) is 0 Å². The molecule has 0 aliphatic heterocycles. The summed E-state index contributed by atoms with van der Waals surface area (Å²) in [6, 6.07) is 9.23. The van der Waals surface area contributed by atoms with E-state index in [-0.39, 0.29) is 5.91 Å². The Morgan fingerprint density at radius 3 is 2.88 bits per heavy atom. The maximum Gasteiger partial charge on any atom is 0.257 e. The minimum absolute atomic E-state index is 0.210. The fourth-order valence-corrected chi connectivity index (χ4v) is 4.68. The number of nitrogens with zero attached hydrogens (tertiary/aromatic N) is 4. The molecule has 1 amide bonds. The lowest BCUT2D eigenvalue weighted by atomic mass is 10.2.